The summed E-state index contributed by atoms with van der Waals surface area (Å²) in [7, 11) is 1.81. The Kier molecular flexibility index (Phi) is 2.52. The second-order valence-electron chi connectivity index (χ2n) is 3.94. The molecule has 0 fully saturated rings. The molecule has 2 aromatic rings. The third kappa shape index (κ3) is 1.72. The van der Waals surface area contributed by atoms with E-state index < -0.39 is 5.60 Å². The van der Waals surface area contributed by atoms with E-state index in [0.29, 0.717) is 11.4 Å². The van der Waals surface area contributed by atoms with Crippen molar-refractivity contribution in [3.63, 3.8) is 0 Å². The fraction of sp³-hybridized carbons (Fsp3) is 0.250. The number of aliphatic hydroxyl groups is 1. The smallest absolute Gasteiger partial charge is 0.144 e. The largest absolute Gasteiger partial charge is 0.377 e. The summed E-state index contributed by atoms with van der Waals surface area (Å²) in [6.07, 6.45) is 3.38. The van der Waals surface area contributed by atoms with Gasteiger partial charge in [-0.25, -0.2) is 9.37 Å². The molecule has 0 aliphatic carbocycles. The first kappa shape index (κ1) is 10.8. The van der Waals surface area contributed by atoms with Crippen molar-refractivity contribution in [2.24, 2.45) is 7.05 Å². The maximum Gasteiger partial charge on any atom is 0.144 e. The van der Waals surface area contributed by atoms with Crippen LogP contribution in [-0.2, 0) is 12.6 Å². The lowest BCUT2D eigenvalue weighted by Gasteiger charge is -2.23. The topological polar surface area (TPSA) is 38.0 Å². The highest BCUT2D eigenvalue weighted by atomic mass is 19.1. The van der Waals surface area contributed by atoms with Crippen molar-refractivity contribution in [2.45, 2.75) is 12.5 Å². The van der Waals surface area contributed by atoms with Crippen LogP contribution < -0.4 is 0 Å². The van der Waals surface area contributed by atoms with Crippen molar-refractivity contribution in [3.05, 3.63) is 53.9 Å². The number of hydrogen-bond donors (Lipinski definition) is 1. The molecule has 1 heterocycles. The minimum absolute atomic E-state index is 0.320. The van der Waals surface area contributed by atoms with Crippen LogP contribution >= 0.6 is 0 Å². The number of aryl methyl sites for hydroxylation is 1. The highest BCUT2D eigenvalue weighted by Gasteiger charge is 2.29. The molecular formula is C12H13FN2O. The Labute approximate surface area is 93.2 Å². The predicted molar refractivity (Wildman–Crippen MR) is 58.3 cm³/mol. The Morgan fingerprint density at radius 1 is 1.31 bits per heavy atom. The lowest BCUT2D eigenvalue weighted by molar-refractivity contribution is 0.0891. The van der Waals surface area contributed by atoms with Gasteiger partial charge in [-0.3, -0.25) is 0 Å². The first-order chi connectivity index (χ1) is 7.51. The molecule has 1 aromatic heterocycles. The maximum absolute atomic E-state index is 12.8. The van der Waals surface area contributed by atoms with Crippen LogP contribution in [-0.4, -0.2) is 14.7 Å². The van der Waals surface area contributed by atoms with Gasteiger partial charge in [-0.1, -0.05) is 12.1 Å². The SMILES string of the molecule is Cn1ccnc1C(C)(O)c1ccc(F)cc1. The molecule has 0 spiro atoms. The van der Waals surface area contributed by atoms with Gasteiger partial charge in [0.2, 0.25) is 0 Å². The standard InChI is InChI=1S/C12H13FN2O/c1-12(16,11-14-7-8-15(11)2)9-3-5-10(13)6-4-9/h3-8,16H,1-2H3. The van der Waals surface area contributed by atoms with E-state index in [1.165, 1.54) is 12.1 Å². The monoisotopic (exact) mass is 220 g/mol. The number of nitrogens with zero attached hydrogens (tertiary/aromatic N) is 2. The number of aromatic nitrogens is 2. The van der Waals surface area contributed by atoms with Crippen LogP contribution in [0.15, 0.2) is 36.7 Å². The molecule has 3 nitrogen and oxygen atoms in total. The molecule has 1 N–H and O–H groups in total. The first-order valence-electron chi connectivity index (χ1n) is 4.98. The highest BCUT2D eigenvalue weighted by molar-refractivity contribution is 5.28. The number of benzene rings is 1. The summed E-state index contributed by atoms with van der Waals surface area (Å²) in [6.45, 7) is 1.64. The van der Waals surface area contributed by atoms with Crippen LogP contribution in [0.25, 0.3) is 0 Å². The molecule has 0 radical (unpaired) electrons. The molecule has 0 saturated heterocycles. The molecule has 0 aliphatic heterocycles. The molecule has 1 unspecified atom stereocenters. The summed E-state index contributed by atoms with van der Waals surface area (Å²) in [5.41, 5.74) is -0.602. The van der Waals surface area contributed by atoms with E-state index in [0.717, 1.165) is 0 Å². The number of imidazole rings is 1. The molecular weight excluding hydrogens is 207 g/mol. The number of hydrogen-bond acceptors (Lipinski definition) is 2. The van der Waals surface area contributed by atoms with Gasteiger partial charge in [0.25, 0.3) is 0 Å². The minimum Gasteiger partial charge on any atom is -0.377 e. The zero-order valence-electron chi connectivity index (χ0n) is 9.18. The van der Waals surface area contributed by atoms with Gasteiger partial charge in [-0.2, -0.15) is 0 Å². The van der Waals surface area contributed by atoms with Crippen LogP contribution in [0.1, 0.15) is 18.3 Å². The second kappa shape index (κ2) is 3.72. The third-order valence-corrected chi connectivity index (χ3v) is 2.66. The summed E-state index contributed by atoms with van der Waals surface area (Å²) < 4.78 is 14.5. The molecule has 1 atom stereocenters. The van der Waals surface area contributed by atoms with Crippen LogP contribution in [0.3, 0.4) is 0 Å². The second-order valence-corrected chi connectivity index (χ2v) is 3.94. The summed E-state index contributed by atoms with van der Waals surface area (Å²) in [5.74, 6) is 0.207. The van der Waals surface area contributed by atoms with Crippen molar-refractivity contribution < 1.29 is 9.50 Å². The Bertz CT molecular complexity index is 488. The maximum atomic E-state index is 12.8. The molecule has 16 heavy (non-hydrogen) atoms. The molecule has 0 bridgehead atoms. The normalized spacial score (nSPS) is 14.8. The third-order valence-electron chi connectivity index (χ3n) is 2.66. The highest BCUT2D eigenvalue weighted by Crippen LogP contribution is 2.27. The van der Waals surface area contributed by atoms with Crippen LogP contribution in [0, 0.1) is 5.82 Å². The van der Waals surface area contributed by atoms with Gasteiger partial charge >= 0.3 is 0 Å². The molecule has 1 aromatic carbocycles. The van der Waals surface area contributed by atoms with Gasteiger partial charge < -0.3 is 9.67 Å². The van der Waals surface area contributed by atoms with Gasteiger partial charge in [0.1, 0.15) is 17.2 Å². The zero-order chi connectivity index (χ0) is 11.8. The average Bonchev–Trinajstić information content (AvgIpc) is 2.66. The predicted octanol–water partition coefficient (Wildman–Crippen LogP) is 1.81. The Hall–Kier alpha value is -1.68. The lowest BCUT2D eigenvalue weighted by Crippen LogP contribution is -2.26. The number of halogens is 1. The van der Waals surface area contributed by atoms with Crippen molar-refractivity contribution in [1.29, 1.82) is 0 Å². The van der Waals surface area contributed by atoms with E-state index in [1.54, 1.807) is 43.1 Å². The van der Waals surface area contributed by atoms with Gasteiger partial charge in [0.15, 0.2) is 0 Å². The van der Waals surface area contributed by atoms with E-state index in [1.807, 2.05) is 0 Å². The van der Waals surface area contributed by atoms with Crippen LogP contribution in [0.4, 0.5) is 4.39 Å². The summed E-state index contributed by atoms with van der Waals surface area (Å²) in [5, 5.41) is 10.4. The fourth-order valence-electron chi connectivity index (χ4n) is 1.74. The summed E-state index contributed by atoms with van der Waals surface area (Å²) >= 11 is 0. The van der Waals surface area contributed by atoms with E-state index in [2.05, 4.69) is 4.98 Å². The van der Waals surface area contributed by atoms with Crippen molar-refractivity contribution >= 4 is 0 Å². The van der Waals surface area contributed by atoms with E-state index in [9.17, 15) is 9.50 Å². The summed E-state index contributed by atoms with van der Waals surface area (Å²) in [4.78, 5) is 4.11. The Balaban J connectivity index is 2.46. The zero-order valence-corrected chi connectivity index (χ0v) is 9.18. The van der Waals surface area contributed by atoms with E-state index >= 15 is 0 Å². The quantitative estimate of drug-likeness (QED) is 0.838. The molecule has 2 rings (SSSR count). The van der Waals surface area contributed by atoms with Crippen LogP contribution in [0.2, 0.25) is 0 Å². The van der Waals surface area contributed by atoms with Crippen molar-refractivity contribution in [1.82, 2.24) is 9.55 Å². The fourth-order valence-corrected chi connectivity index (χ4v) is 1.74. The van der Waals surface area contributed by atoms with E-state index in [-0.39, 0.29) is 5.82 Å². The molecule has 0 aliphatic rings. The minimum atomic E-state index is -1.22. The van der Waals surface area contributed by atoms with E-state index in [4.69, 9.17) is 0 Å². The van der Waals surface area contributed by atoms with Crippen molar-refractivity contribution in [2.75, 3.05) is 0 Å². The lowest BCUT2D eigenvalue weighted by atomic mass is 9.95. The van der Waals surface area contributed by atoms with Gasteiger partial charge in [0, 0.05) is 19.4 Å². The summed E-state index contributed by atoms with van der Waals surface area (Å²) in [6, 6.07) is 5.77. The first-order valence-corrected chi connectivity index (χ1v) is 4.98. The Morgan fingerprint density at radius 3 is 2.44 bits per heavy atom. The van der Waals surface area contributed by atoms with Crippen molar-refractivity contribution in [3.8, 4) is 0 Å². The molecule has 84 valence electrons. The molecule has 0 amide bonds. The van der Waals surface area contributed by atoms with Gasteiger partial charge in [-0.05, 0) is 24.6 Å². The van der Waals surface area contributed by atoms with Gasteiger partial charge in [0.05, 0.1) is 0 Å². The Morgan fingerprint density at radius 2 is 1.94 bits per heavy atom. The van der Waals surface area contributed by atoms with Gasteiger partial charge in [-0.15, -0.1) is 0 Å². The molecule has 4 heteroatoms. The van der Waals surface area contributed by atoms with Crippen LogP contribution in [0.5, 0.6) is 0 Å². The average molecular weight is 220 g/mol. The molecule has 0 saturated carbocycles. The number of rotatable bonds is 2.